The van der Waals surface area contributed by atoms with Crippen molar-refractivity contribution in [2.24, 2.45) is 25.7 Å². The Balaban J connectivity index is 0.00000400. The summed E-state index contributed by atoms with van der Waals surface area (Å²) in [5, 5.41) is 12.7. The summed E-state index contributed by atoms with van der Waals surface area (Å²) in [4.78, 5) is 32.6. The van der Waals surface area contributed by atoms with Crippen LogP contribution in [0.1, 0.15) is 22.3 Å². The van der Waals surface area contributed by atoms with E-state index < -0.39 is 4.92 Å². The van der Waals surface area contributed by atoms with Gasteiger partial charge in [-0.15, -0.1) is 0 Å². The summed E-state index contributed by atoms with van der Waals surface area (Å²) < 4.78 is 0. The zero-order valence-electron chi connectivity index (χ0n) is 28.3. The van der Waals surface area contributed by atoms with Gasteiger partial charge >= 0.3 is 5.70 Å². The van der Waals surface area contributed by atoms with Crippen molar-refractivity contribution in [1.82, 2.24) is 0 Å². The van der Waals surface area contributed by atoms with Gasteiger partial charge in [-0.1, -0.05) is 121 Å². The first-order valence-electron chi connectivity index (χ1n) is 16.8. The molecule has 5 heterocycles. The van der Waals surface area contributed by atoms with E-state index in [9.17, 15) is 10.1 Å². The van der Waals surface area contributed by atoms with Gasteiger partial charge in [0, 0.05) is 41.8 Å². The van der Waals surface area contributed by atoms with Gasteiger partial charge in [0.05, 0.1) is 39.1 Å². The third-order valence-corrected chi connectivity index (χ3v) is 9.26. The molecule has 9 rings (SSSR count). The summed E-state index contributed by atoms with van der Waals surface area (Å²) in [5.41, 5.74) is 17.5. The molecule has 5 aliphatic heterocycles. The van der Waals surface area contributed by atoms with E-state index >= 15 is 0 Å². The number of benzene rings is 4. The third-order valence-electron chi connectivity index (χ3n) is 9.26. The second kappa shape index (κ2) is 13.8. The summed E-state index contributed by atoms with van der Waals surface area (Å²) in [6.45, 7) is 0. The normalized spacial score (nSPS) is 17.4. The SMILES string of the molecule is NC1=C([N+](=O)[O-])C2=NC1=C(c1ccccc1)C1=NC(=C(c3ccccc3)C3=NC(=CC4=NC(=C2)C=C4)C=C3)C(c2ccccc2)=C1c1ccccc1.[Zn]. The van der Waals surface area contributed by atoms with E-state index in [1.807, 2.05) is 109 Å². The number of hydrogen-bond acceptors (Lipinski definition) is 7. The number of rotatable bonds is 5. The molecule has 0 radical (unpaired) electrons. The molecule has 53 heavy (non-hydrogen) atoms. The molecule has 4 aromatic rings. The number of fused-ring (bicyclic) bond motifs is 4. The van der Waals surface area contributed by atoms with Crippen molar-refractivity contribution in [2.75, 3.05) is 0 Å². The van der Waals surface area contributed by atoms with Crippen LogP contribution in [0.3, 0.4) is 0 Å². The van der Waals surface area contributed by atoms with Crippen LogP contribution in [-0.4, -0.2) is 27.8 Å². The minimum absolute atomic E-state index is 0. The Morgan fingerprint density at radius 2 is 1.00 bits per heavy atom. The van der Waals surface area contributed by atoms with Crippen molar-refractivity contribution in [3.8, 4) is 0 Å². The Labute approximate surface area is 318 Å². The molecule has 8 bridgehead atoms. The van der Waals surface area contributed by atoms with E-state index in [4.69, 9.17) is 25.7 Å². The van der Waals surface area contributed by atoms with Crippen LogP contribution >= 0.6 is 0 Å². The topological polar surface area (TPSA) is 119 Å². The van der Waals surface area contributed by atoms with Gasteiger partial charge in [-0.05, 0) is 58.7 Å². The summed E-state index contributed by atoms with van der Waals surface area (Å²) in [7, 11) is 0. The van der Waals surface area contributed by atoms with E-state index in [0.29, 0.717) is 28.4 Å². The summed E-state index contributed by atoms with van der Waals surface area (Å²) in [5.74, 6) is 0. The standard InChI is InChI=1S/C44H28N6O2.Zn/c45-40-43-39(30-19-11-4-12-20-30)42-38(29-17-9-3-10-18-29)37(28-15-7-2-8-16-28)41(49-42)36(27-13-5-1-6-14-27)34-24-23-32(47-34)25-31-21-22-33(46-31)26-35(48-43)44(40)50(51)52;/h1-26H,45H2;. The summed E-state index contributed by atoms with van der Waals surface area (Å²) in [6.07, 6.45) is 11.1. The van der Waals surface area contributed by atoms with Crippen molar-refractivity contribution in [2.45, 2.75) is 0 Å². The molecule has 8 nitrogen and oxygen atoms in total. The Morgan fingerprint density at radius 1 is 0.491 bits per heavy atom. The van der Waals surface area contributed by atoms with Crippen molar-refractivity contribution in [1.29, 1.82) is 0 Å². The van der Waals surface area contributed by atoms with Crippen LogP contribution in [0.4, 0.5) is 0 Å². The van der Waals surface area contributed by atoms with Crippen LogP contribution in [0.15, 0.2) is 212 Å². The van der Waals surface area contributed by atoms with Crippen LogP contribution < -0.4 is 5.73 Å². The predicted molar refractivity (Wildman–Crippen MR) is 209 cm³/mol. The van der Waals surface area contributed by atoms with Crippen LogP contribution in [0.2, 0.25) is 0 Å². The second-order valence-corrected chi connectivity index (χ2v) is 12.5. The van der Waals surface area contributed by atoms with E-state index in [1.165, 1.54) is 0 Å². The van der Waals surface area contributed by atoms with Crippen LogP contribution in [0.5, 0.6) is 0 Å². The monoisotopic (exact) mass is 736 g/mol. The number of allylic oxidation sites excluding steroid dienone is 10. The molecule has 4 aromatic carbocycles. The quantitative estimate of drug-likeness (QED) is 0.126. The van der Waals surface area contributed by atoms with Gasteiger partial charge in [0.25, 0.3) is 0 Å². The van der Waals surface area contributed by atoms with Crippen LogP contribution in [-0.2, 0) is 19.5 Å². The van der Waals surface area contributed by atoms with Crippen molar-refractivity contribution in [3.05, 3.63) is 224 Å². The van der Waals surface area contributed by atoms with Gasteiger partial charge in [-0.2, -0.15) is 0 Å². The summed E-state index contributed by atoms with van der Waals surface area (Å²) >= 11 is 0. The van der Waals surface area contributed by atoms with Crippen LogP contribution in [0.25, 0.3) is 22.3 Å². The number of nitrogens with zero attached hydrogens (tertiary/aromatic N) is 5. The largest absolute Gasteiger partial charge is 0.391 e. The zero-order chi connectivity index (χ0) is 35.2. The molecule has 5 aliphatic rings. The van der Waals surface area contributed by atoms with Crippen molar-refractivity contribution < 1.29 is 24.4 Å². The minimum atomic E-state index is -0.474. The molecule has 0 saturated heterocycles. The van der Waals surface area contributed by atoms with Gasteiger partial charge < -0.3 is 5.73 Å². The van der Waals surface area contributed by atoms with Crippen molar-refractivity contribution in [3.63, 3.8) is 0 Å². The molecule has 0 atom stereocenters. The Kier molecular flexibility index (Phi) is 8.70. The average molecular weight is 738 g/mol. The smallest absolute Gasteiger partial charge is 0.319 e. The van der Waals surface area contributed by atoms with Gasteiger partial charge in [-0.25, -0.2) is 20.0 Å². The van der Waals surface area contributed by atoms with E-state index in [-0.39, 0.29) is 42.3 Å². The fourth-order valence-electron chi connectivity index (χ4n) is 7.01. The maximum atomic E-state index is 12.7. The van der Waals surface area contributed by atoms with Gasteiger partial charge in [-0.3, -0.25) is 10.1 Å². The van der Waals surface area contributed by atoms with Crippen molar-refractivity contribution >= 4 is 45.1 Å². The Bertz CT molecular complexity index is 2600. The second-order valence-electron chi connectivity index (χ2n) is 12.5. The third kappa shape index (κ3) is 5.97. The van der Waals surface area contributed by atoms with Gasteiger partial charge in [0.15, 0.2) is 0 Å². The number of nitro groups is 1. The zero-order valence-corrected chi connectivity index (χ0v) is 31.3. The van der Waals surface area contributed by atoms with Gasteiger partial charge in [0.1, 0.15) is 17.1 Å². The fraction of sp³-hybridized carbons (Fsp3) is 0. The first-order valence-corrected chi connectivity index (χ1v) is 16.8. The van der Waals surface area contributed by atoms with E-state index in [2.05, 4.69) is 36.4 Å². The summed E-state index contributed by atoms with van der Waals surface area (Å²) in [6, 6.07) is 40.0. The molecule has 248 valence electrons. The molecule has 0 unspecified atom stereocenters. The molecule has 0 amide bonds. The molecule has 0 saturated carbocycles. The molecule has 2 N–H and O–H groups in total. The molecule has 0 fully saturated rings. The molecular formula is C44H28N6O2Zn. The fourth-order valence-corrected chi connectivity index (χ4v) is 7.01. The van der Waals surface area contributed by atoms with Crippen LogP contribution in [0, 0.1) is 10.1 Å². The Hall–Kier alpha value is -6.70. The molecule has 0 aliphatic carbocycles. The van der Waals surface area contributed by atoms with E-state index in [0.717, 1.165) is 50.4 Å². The number of aliphatic imine (C=N–C) groups is 4. The number of nitrogens with two attached hydrogens (primary N) is 1. The molecule has 0 spiro atoms. The Morgan fingerprint density at radius 3 is 1.58 bits per heavy atom. The van der Waals surface area contributed by atoms with Gasteiger partial charge in [0.2, 0.25) is 0 Å². The first kappa shape index (κ1) is 33.4. The first-order chi connectivity index (χ1) is 25.5. The minimum Gasteiger partial charge on any atom is -0.391 e. The maximum absolute atomic E-state index is 12.7. The number of hydrogen-bond donors (Lipinski definition) is 1. The maximum Gasteiger partial charge on any atom is 0.319 e. The predicted octanol–water partition coefficient (Wildman–Crippen LogP) is 8.58. The molecule has 9 heteroatoms. The molecular weight excluding hydrogens is 710 g/mol. The molecule has 0 aromatic heterocycles. The average Bonchev–Trinajstić information content (AvgIpc) is 3.97. The van der Waals surface area contributed by atoms with E-state index in [1.54, 1.807) is 12.2 Å².